The highest BCUT2D eigenvalue weighted by atomic mass is 16.3. The van der Waals surface area contributed by atoms with E-state index in [2.05, 4.69) is 11.0 Å². The molecule has 0 aromatic heterocycles. The molecular weight excluding hydrogens is 152 g/mol. The largest absolute Gasteiger partial charge is 0.393 e. The van der Waals surface area contributed by atoms with Gasteiger partial charge in [-0.1, -0.05) is 0 Å². The molecule has 3 heteroatoms. The summed E-state index contributed by atoms with van der Waals surface area (Å²) in [7, 11) is 2.03. The van der Waals surface area contributed by atoms with E-state index in [0.29, 0.717) is 18.5 Å². The van der Waals surface area contributed by atoms with E-state index in [-0.39, 0.29) is 6.10 Å². The first-order valence-corrected chi connectivity index (χ1v) is 4.42. The number of rotatable bonds is 3. The van der Waals surface area contributed by atoms with E-state index in [1.807, 2.05) is 14.0 Å². The molecular formula is C9H16N2O. The fourth-order valence-electron chi connectivity index (χ4n) is 1.53. The van der Waals surface area contributed by atoms with Crippen LogP contribution < -0.4 is 0 Å². The van der Waals surface area contributed by atoms with Crippen molar-refractivity contribution >= 4 is 0 Å². The molecule has 1 rings (SSSR count). The highest BCUT2D eigenvalue weighted by molar-refractivity contribution is 4.89. The van der Waals surface area contributed by atoms with E-state index in [9.17, 15) is 0 Å². The fraction of sp³-hybridized carbons (Fsp3) is 0.889. The third kappa shape index (κ3) is 1.96. The Morgan fingerprint density at radius 1 is 1.67 bits per heavy atom. The van der Waals surface area contributed by atoms with Crippen LogP contribution in [0.5, 0.6) is 0 Å². The van der Waals surface area contributed by atoms with E-state index in [4.69, 9.17) is 10.4 Å². The maximum Gasteiger partial charge on any atom is 0.0638 e. The summed E-state index contributed by atoms with van der Waals surface area (Å²) < 4.78 is 0. The quantitative estimate of drug-likeness (QED) is 0.676. The van der Waals surface area contributed by atoms with Crippen LogP contribution in [0.4, 0.5) is 0 Å². The van der Waals surface area contributed by atoms with Gasteiger partial charge in [0.05, 0.1) is 18.6 Å². The maximum atomic E-state index is 9.09. The molecule has 0 aromatic carbocycles. The summed E-state index contributed by atoms with van der Waals surface area (Å²) in [6.07, 6.45) is 2.20. The summed E-state index contributed by atoms with van der Waals surface area (Å²) in [5, 5.41) is 17.6. The Morgan fingerprint density at radius 3 is 2.67 bits per heavy atom. The summed E-state index contributed by atoms with van der Waals surface area (Å²) in [6, 6.07) is 2.96. The second kappa shape index (κ2) is 3.88. The van der Waals surface area contributed by atoms with Crippen LogP contribution in [0, 0.1) is 11.3 Å². The number of nitriles is 1. The van der Waals surface area contributed by atoms with Gasteiger partial charge in [-0.05, 0) is 26.8 Å². The summed E-state index contributed by atoms with van der Waals surface area (Å²) in [5.74, 6) is 0. The molecule has 1 N–H and O–H groups in total. The Labute approximate surface area is 73.6 Å². The van der Waals surface area contributed by atoms with Gasteiger partial charge in [0.15, 0.2) is 0 Å². The number of hydrogen-bond acceptors (Lipinski definition) is 3. The van der Waals surface area contributed by atoms with Gasteiger partial charge in [0.1, 0.15) is 0 Å². The molecule has 1 unspecified atom stereocenters. The zero-order valence-corrected chi connectivity index (χ0v) is 7.70. The van der Waals surface area contributed by atoms with E-state index >= 15 is 0 Å². The molecule has 0 aliphatic heterocycles. The Kier molecular flexibility index (Phi) is 3.07. The first kappa shape index (κ1) is 9.50. The minimum Gasteiger partial charge on any atom is -0.393 e. The first-order chi connectivity index (χ1) is 5.65. The molecule has 0 radical (unpaired) electrons. The molecule has 0 spiro atoms. The number of nitrogens with zero attached hydrogens (tertiary/aromatic N) is 2. The highest BCUT2D eigenvalue weighted by Gasteiger charge is 2.32. The minimum absolute atomic E-state index is 0.105. The monoisotopic (exact) mass is 168 g/mol. The van der Waals surface area contributed by atoms with Gasteiger partial charge in [0.25, 0.3) is 0 Å². The van der Waals surface area contributed by atoms with Crippen LogP contribution in [0.15, 0.2) is 0 Å². The normalized spacial score (nSPS) is 30.9. The topological polar surface area (TPSA) is 47.3 Å². The van der Waals surface area contributed by atoms with Crippen molar-refractivity contribution in [2.75, 3.05) is 7.05 Å². The van der Waals surface area contributed by atoms with Crippen molar-refractivity contribution in [2.24, 2.45) is 0 Å². The zero-order chi connectivity index (χ0) is 9.14. The summed E-state index contributed by atoms with van der Waals surface area (Å²) >= 11 is 0. The van der Waals surface area contributed by atoms with Gasteiger partial charge < -0.3 is 5.11 Å². The Balaban J connectivity index is 2.28. The lowest BCUT2D eigenvalue weighted by molar-refractivity contribution is -0.000816. The van der Waals surface area contributed by atoms with Crippen molar-refractivity contribution in [1.29, 1.82) is 5.26 Å². The predicted octanol–water partition coefficient (Wildman–Crippen LogP) is 0.744. The molecule has 3 nitrogen and oxygen atoms in total. The van der Waals surface area contributed by atoms with Gasteiger partial charge in [-0.3, -0.25) is 4.90 Å². The summed E-state index contributed by atoms with van der Waals surface area (Å²) in [5.41, 5.74) is 0. The van der Waals surface area contributed by atoms with Gasteiger partial charge in [-0.15, -0.1) is 0 Å². The van der Waals surface area contributed by atoms with Crippen LogP contribution in [-0.4, -0.2) is 35.2 Å². The molecule has 0 aromatic rings. The fourth-order valence-corrected chi connectivity index (χ4v) is 1.53. The van der Waals surface area contributed by atoms with E-state index in [1.54, 1.807) is 0 Å². The lowest BCUT2D eigenvalue weighted by atomic mass is 9.87. The number of hydrogen-bond donors (Lipinski definition) is 1. The van der Waals surface area contributed by atoms with Crippen LogP contribution in [-0.2, 0) is 0 Å². The summed E-state index contributed by atoms with van der Waals surface area (Å²) in [4.78, 5) is 2.19. The predicted molar refractivity (Wildman–Crippen MR) is 46.5 cm³/mol. The van der Waals surface area contributed by atoms with Crippen molar-refractivity contribution in [1.82, 2.24) is 4.90 Å². The number of aliphatic hydroxyl groups excluding tert-OH is 1. The highest BCUT2D eigenvalue weighted by Crippen LogP contribution is 2.26. The van der Waals surface area contributed by atoms with E-state index in [0.717, 1.165) is 12.8 Å². The zero-order valence-electron chi connectivity index (χ0n) is 7.70. The molecule has 0 bridgehead atoms. The summed E-state index contributed by atoms with van der Waals surface area (Å²) in [6.45, 7) is 2.05. The van der Waals surface area contributed by atoms with Crippen LogP contribution in [0.2, 0.25) is 0 Å². The van der Waals surface area contributed by atoms with Crippen molar-refractivity contribution in [3.05, 3.63) is 0 Å². The second-order valence-corrected chi connectivity index (χ2v) is 3.66. The lowest BCUT2D eigenvalue weighted by Gasteiger charge is -2.41. The minimum atomic E-state index is -0.105. The molecule has 0 saturated heterocycles. The van der Waals surface area contributed by atoms with Crippen molar-refractivity contribution in [3.8, 4) is 6.07 Å². The Bertz CT molecular complexity index is 181. The smallest absolute Gasteiger partial charge is 0.0638 e. The molecule has 0 amide bonds. The number of aliphatic hydroxyl groups is 1. The van der Waals surface area contributed by atoms with Crippen molar-refractivity contribution < 1.29 is 5.11 Å². The first-order valence-electron chi connectivity index (χ1n) is 4.42. The molecule has 1 saturated carbocycles. The average Bonchev–Trinajstić information content (AvgIpc) is 1.98. The molecule has 0 heterocycles. The Morgan fingerprint density at radius 2 is 2.25 bits per heavy atom. The standard InChI is InChI=1S/C9H16N2O/c1-7(3-4-10)11(2)8-5-9(12)6-8/h7-9,12H,3,5-6H2,1-2H3. The van der Waals surface area contributed by atoms with Crippen LogP contribution >= 0.6 is 0 Å². The second-order valence-electron chi connectivity index (χ2n) is 3.66. The molecule has 1 fully saturated rings. The van der Waals surface area contributed by atoms with Gasteiger partial charge >= 0.3 is 0 Å². The van der Waals surface area contributed by atoms with Crippen molar-refractivity contribution in [2.45, 2.75) is 44.4 Å². The van der Waals surface area contributed by atoms with Crippen LogP contribution in [0.3, 0.4) is 0 Å². The van der Waals surface area contributed by atoms with Crippen LogP contribution in [0.25, 0.3) is 0 Å². The lowest BCUT2D eigenvalue weighted by Crippen LogP contribution is -2.48. The molecule has 68 valence electrons. The Hall–Kier alpha value is -0.590. The van der Waals surface area contributed by atoms with E-state index < -0.39 is 0 Å². The molecule has 1 aliphatic carbocycles. The van der Waals surface area contributed by atoms with Gasteiger partial charge in [0.2, 0.25) is 0 Å². The van der Waals surface area contributed by atoms with Gasteiger partial charge in [-0.25, -0.2) is 0 Å². The van der Waals surface area contributed by atoms with Crippen molar-refractivity contribution in [3.63, 3.8) is 0 Å². The van der Waals surface area contributed by atoms with Gasteiger partial charge in [0, 0.05) is 12.1 Å². The SMILES string of the molecule is CC(CC#N)N(C)C1CC(O)C1. The van der Waals surface area contributed by atoms with Crippen LogP contribution in [0.1, 0.15) is 26.2 Å². The maximum absolute atomic E-state index is 9.09. The average molecular weight is 168 g/mol. The molecule has 12 heavy (non-hydrogen) atoms. The third-order valence-corrected chi connectivity index (χ3v) is 2.75. The van der Waals surface area contributed by atoms with Gasteiger partial charge in [-0.2, -0.15) is 5.26 Å². The molecule has 1 atom stereocenters. The van der Waals surface area contributed by atoms with E-state index in [1.165, 1.54) is 0 Å². The third-order valence-electron chi connectivity index (χ3n) is 2.75. The molecule has 1 aliphatic rings.